The predicted molar refractivity (Wildman–Crippen MR) is 105 cm³/mol. The smallest absolute Gasteiger partial charge is 0.271 e. The summed E-state index contributed by atoms with van der Waals surface area (Å²) in [5.41, 5.74) is 2.34. The Labute approximate surface area is 160 Å². The van der Waals surface area contributed by atoms with E-state index in [-0.39, 0.29) is 17.2 Å². The van der Waals surface area contributed by atoms with E-state index in [2.05, 4.69) is 53.4 Å². The van der Waals surface area contributed by atoms with Crippen molar-refractivity contribution in [3.05, 3.63) is 63.6 Å². The maximum atomic E-state index is 12.2. The summed E-state index contributed by atoms with van der Waals surface area (Å²) in [4.78, 5) is 26.1. The maximum Gasteiger partial charge on any atom is 0.271 e. The van der Waals surface area contributed by atoms with Gasteiger partial charge in [0.15, 0.2) is 0 Å². The van der Waals surface area contributed by atoms with E-state index in [0.717, 1.165) is 41.7 Å². The minimum atomic E-state index is -0.286. The fourth-order valence-electron chi connectivity index (χ4n) is 3.84. The fourth-order valence-corrected chi connectivity index (χ4v) is 3.84. The van der Waals surface area contributed by atoms with Crippen molar-refractivity contribution in [2.75, 3.05) is 13.1 Å². The van der Waals surface area contributed by atoms with Crippen LogP contribution < -0.4 is 10.9 Å². The maximum absolute atomic E-state index is 12.2. The standard InChI is InChI=1S/C21H28N4O2/c1-15-10-16(2)13-25(12-15)14-18-6-4-17(5-7-18)11-22-21(27)19-8-9-20(26)24(3)23-19/h4-9,15-16H,10-14H2,1-3H3,(H,22,27)/t15-,16+. The van der Waals surface area contributed by atoms with Gasteiger partial charge < -0.3 is 5.32 Å². The number of aryl methyl sites for hydroxylation is 1. The summed E-state index contributed by atoms with van der Waals surface area (Å²) in [5.74, 6) is 1.23. The van der Waals surface area contributed by atoms with Gasteiger partial charge in [0.2, 0.25) is 0 Å². The molecule has 1 fully saturated rings. The van der Waals surface area contributed by atoms with Crippen molar-refractivity contribution in [1.82, 2.24) is 20.0 Å². The highest BCUT2D eigenvalue weighted by atomic mass is 16.2. The zero-order chi connectivity index (χ0) is 19.4. The summed E-state index contributed by atoms with van der Waals surface area (Å²) in [6.45, 7) is 8.38. The first-order chi connectivity index (χ1) is 12.9. The summed E-state index contributed by atoms with van der Waals surface area (Å²) in [6.07, 6.45) is 1.32. The number of hydrogen-bond acceptors (Lipinski definition) is 4. The van der Waals surface area contributed by atoms with Crippen LogP contribution in [0.25, 0.3) is 0 Å². The van der Waals surface area contributed by atoms with E-state index in [1.54, 1.807) is 0 Å². The Morgan fingerprint density at radius 1 is 1.07 bits per heavy atom. The van der Waals surface area contributed by atoms with Gasteiger partial charge in [0.05, 0.1) is 0 Å². The van der Waals surface area contributed by atoms with E-state index in [1.807, 2.05) is 0 Å². The van der Waals surface area contributed by atoms with E-state index in [0.29, 0.717) is 6.54 Å². The first-order valence-corrected chi connectivity index (χ1v) is 9.53. The van der Waals surface area contributed by atoms with Gasteiger partial charge in [0.1, 0.15) is 5.69 Å². The molecule has 1 amide bonds. The average molecular weight is 368 g/mol. The Bertz CT molecular complexity index is 834. The van der Waals surface area contributed by atoms with Crippen molar-refractivity contribution >= 4 is 5.91 Å². The molecule has 3 rings (SSSR count). The van der Waals surface area contributed by atoms with E-state index < -0.39 is 0 Å². The molecular formula is C21H28N4O2. The number of nitrogens with zero attached hydrogens (tertiary/aromatic N) is 3. The van der Waals surface area contributed by atoms with Crippen molar-refractivity contribution in [2.45, 2.75) is 33.4 Å². The molecule has 1 N–H and O–H groups in total. The second-order valence-electron chi connectivity index (χ2n) is 7.82. The number of benzene rings is 1. The Balaban J connectivity index is 1.53. The van der Waals surface area contributed by atoms with Crippen LogP contribution in [-0.4, -0.2) is 33.7 Å². The number of piperidine rings is 1. The van der Waals surface area contributed by atoms with Gasteiger partial charge in [0.25, 0.3) is 11.5 Å². The van der Waals surface area contributed by atoms with Crippen molar-refractivity contribution < 1.29 is 4.79 Å². The summed E-state index contributed by atoms with van der Waals surface area (Å²) in [6, 6.07) is 11.2. The summed E-state index contributed by atoms with van der Waals surface area (Å²) in [5, 5.41) is 6.81. The molecule has 1 aromatic carbocycles. The topological polar surface area (TPSA) is 67.2 Å². The first kappa shape index (κ1) is 19.3. The van der Waals surface area contributed by atoms with Crippen LogP contribution in [0.1, 0.15) is 41.9 Å². The lowest BCUT2D eigenvalue weighted by Gasteiger charge is -2.35. The molecule has 0 radical (unpaired) electrons. The largest absolute Gasteiger partial charge is 0.347 e. The monoisotopic (exact) mass is 368 g/mol. The van der Waals surface area contributed by atoms with Crippen LogP contribution in [0.4, 0.5) is 0 Å². The van der Waals surface area contributed by atoms with Gasteiger partial charge in [0, 0.05) is 39.3 Å². The van der Waals surface area contributed by atoms with Crippen molar-refractivity contribution in [3.63, 3.8) is 0 Å². The molecule has 2 heterocycles. The average Bonchev–Trinajstić information content (AvgIpc) is 2.62. The Kier molecular flexibility index (Phi) is 6.06. The highest BCUT2D eigenvalue weighted by Crippen LogP contribution is 2.22. The van der Waals surface area contributed by atoms with Crippen LogP contribution in [0, 0.1) is 11.8 Å². The van der Waals surface area contributed by atoms with Crippen LogP contribution in [-0.2, 0) is 20.1 Å². The molecule has 2 aromatic rings. The van der Waals surface area contributed by atoms with Gasteiger partial charge in [-0.2, -0.15) is 5.10 Å². The Morgan fingerprint density at radius 3 is 2.33 bits per heavy atom. The van der Waals surface area contributed by atoms with Crippen LogP contribution in [0.5, 0.6) is 0 Å². The van der Waals surface area contributed by atoms with Gasteiger partial charge in [-0.1, -0.05) is 38.1 Å². The van der Waals surface area contributed by atoms with Crippen LogP contribution in [0.2, 0.25) is 0 Å². The molecule has 0 spiro atoms. The minimum Gasteiger partial charge on any atom is -0.347 e. The number of likely N-dealkylation sites (tertiary alicyclic amines) is 1. The highest BCUT2D eigenvalue weighted by Gasteiger charge is 2.21. The molecule has 1 aliphatic heterocycles. The minimum absolute atomic E-state index is 0.236. The van der Waals surface area contributed by atoms with Gasteiger partial charge in [-0.3, -0.25) is 14.5 Å². The molecule has 144 valence electrons. The third-order valence-corrected chi connectivity index (χ3v) is 5.02. The zero-order valence-electron chi connectivity index (χ0n) is 16.3. The number of carbonyl (C=O) groups excluding carboxylic acids is 1. The molecule has 6 nitrogen and oxygen atoms in total. The molecular weight excluding hydrogens is 340 g/mol. The number of hydrogen-bond donors (Lipinski definition) is 1. The Morgan fingerprint density at radius 2 is 1.70 bits per heavy atom. The van der Waals surface area contributed by atoms with Gasteiger partial charge >= 0.3 is 0 Å². The third-order valence-electron chi connectivity index (χ3n) is 5.02. The van der Waals surface area contributed by atoms with Crippen LogP contribution >= 0.6 is 0 Å². The fraction of sp³-hybridized carbons (Fsp3) is 0.476. The molecule has 0 aliphatic carbocycles. The lowest BCUT2D eigenvalue weighted by molar-refractivity contribution is 0.0943. The molecule has 6 heteroatoms. The van der Waals surface area contributed by atoms with E-state index in [1.165, 1.54) is 31.2 Å². The number of aromatic nitrogens is 2. The van der Waals surface area contributed by atoms with Gasteiger partial charge in [-0.15, -0.1) is 0 Å². The molecule has 2 atom stereocenters. The van der Waals surface area contributed by atoms with E-state index >= 15 is 0 Å². The summed E-state index contributed by atoms with van der Waals surface area (Å²) in [7, 11) is 1.53. The quantitative estimate of drug-likeness (QED) is 0.878. The second kappa shape index (κ2) is 8.48. The Hall–Kier alpha value is -2.47. The van der Waals surface area contributed by atoms with Crippen LogP contribution in [0.15, 0.2) is 41.2 Å². The molecule has 1 aromatic heterocycles. The molecule has 0 bridgehead atoms. The van der Waals surface area contributed by atoms with E-state index in [9.17, 15) is 9.59 Å². The van der Waals surface area contributed by atoms with Crippen molar-refractivity contribution in [1.29, 1.82) is 0 Å². The highest BCUT2D eigenvalue weighted by molar-refractivity contribution is 5.91. The second-order valence-corrected chi connectivity index (χ2v) is 7.82. The number of rotatable bonds is 5. The summed E-state index contributed by atoms with van der Waals surface area (Å²) < 4.78 is 1.16. The summed E-state index contributed by atoms with van der Waals surface area (Å²) >= 11 is 0. The third kappa shape index (κ3) is 5.26. The van der Waals surface area contributed by atoms with Gasteiger partial charge in [-0.25, -0.2) is 4.68 Å². The number of nitrogens with one attached hydrogen (secondary N) is 1. The normalized spacial score (nSPS) is 20.4. The molecule has 0 saturated carbocycles. The number of carbonyl (C=O) groups is 1. The number of amides is 1. The van der Waals surface area contributed by atoms with Crippen molar-refractivity contribution in [3.8, 4) is 0 Å². The van der Waals surface area contributed by atoms with Crippen molar-refractivity contribution in [2.24, 2.45) is 18.9 Å². The lowest BCUT2D eigenvalue weighted by Crippen LogP contribution is -2.38. The predicted octanol–water partition coefficient (Wildman–Crippen LogP) is 2.19. The molecule has 1 aliphatic rings. The molecule has 0 unspecified atom stereocenters. The zero-order valence-corrected chi connectivity index (χ0v) is 16.3. The molecule has 27 heavy (non-hydrogen) atoms. The SMILES string of the molecule is C[C@@H]1C[C@H](C)CN(Cc2ccc(CNC(=O)c3ccc(=O)n(C)n3)cc2)C1. The first-order valence-electron chi connectivity index (χ1n) is 9.53. The van der Waals surface area contributed by atoms with E-state index in [4.69, 9.17) is 0 Å². The van der Waals surface area contributed by atoms with Gasteiger partial charge in [-0.05, 0) is 35.4 Å². The van der Waals surface area contributed by atoms with Crippen LogP contribution in [0.3, 0.4) is 0 Å². The lowest BCUT2D eigenvalue weighted by atomic mass is 9.91. The molecule has 1 saturated heterocycles.